The summed E-state index contributed by atoms with van der Waals surface area (Å²) in [7, 11) is 0. The van der Waals surface area contributed by atoms with Crippen molar-refractivity contribution < 1.29 is 14.2 Å². The molecular weight excluding hydrogens is 953 g/mol. The van der Waals surface area contributed by atoms with Gasteiger partial charge in [-0.3, -0.25) is 9.59 Å². The molecule has 0 aliphatic heterocycles. The Kier molecular flexibility index (Phi) is 17.5. The van der Waals surface area contributed by atoms with Crippen LogP contribution in [-0.4, -0.2) is 48.7 Å². The van der Waals surface area contributed by atoms with Gasteiger partial charge in [0.1, 0.15) is 11.0 Å². The number of carbonyl (C=O) groups excluding carboxylic acids is 2. The topological polar surface area (TPSA) is 175 Å². The number of hydrogen-bond donors (Lipinski definition) is 7. The van der Waals surface area contributed by atoms with Gasteiger partial charge in [0, 0.05) is 90.0 Å². The predicted octanol–water partition coefficient (Wildman–Crippen LogP) is 12.9. The highest BCUT2D eigenvalue weighted by molar-refractivity contribution is 6.13. The van der Waals surface area contributed by atoms with Gasteiger partial charge in [-0.15, -0.1) is 4.57 Å². The van der Waals surface area contributed by atoms with Crippen molar-refractivity contribution in [2.24, 2.45) is 4.99 Å². The molecule has 0 saturated heterocycles. The predicted molar refractivity (Wildman–Crippen MR) is 319 cm³/mol. The third-order valence-corrected chi connectivity index (χ3v) is 13.9. The molecule has 0 saturated carbocycles. The summed E-state index contributed by atoms with van der Waals surface area (Å²) in [4.78, 5) is 35.9. The number of nitrogens with zero attached hydrogens (tertiary/aromatic N) is 3. The maximum absolute atomic E-state index is 13.0. The van der Waals surface area contributed by atoms with Gasteiger partial charge in [0.2, 0.25) is 16.7 Å². The van der Waals surface area contributed by atoms with Crippen molar-refractivity contribution >= 4 is 73.7 Å². The molecule has 390 valence electrons. The number of amides is 2. The van der Waals surface area contributed by atoms with Gasteiger partial charge in [-0.2, -0.15) is 0 Å². The van der Waals surface area contributed by atoms with Crippen LogP contribution in [-0.2, 0) is 0 Å². The molecule has 12 heteroatoms. The Labute approximate surface area is 452 Å². The van der Waals surface area contributed by atoms with Gasteiger partial charge in [-0.05, 0) is 152 Å². The monoisotopic (exact) mass is 1020 g/mol. The third-order valence-electron chi connectivity index (χ3n) is 13.9. The summed E-state index contributed by atoms with van der Waals surface area (Å²) in [6.07, 6.45) is 14.1. The fraction of sp³-hybridized carbons (Fsp3) is 0.215. The third kappa shape index (κ3) is 13.8. The minimum atomic E-state index is -0.0804. The second-order valence-electron chi connectivity index (χ2n) is 19.7. The maximum Gasteiger partial charge on any atom is 0.251 e. The van der Waals surface area contributed by atoms with Gasteiger partial charge in [0.25, 0.3) is 11.8 Å². The molecule has 9 N–H and O–H groups in total. The number of nitrogen functional groups attached to an aromatic ring is 2. The van der Waals surface area contributed by atoms with Crippen LogP contribution in [0, 0.1) is 13.8 Å². The van der Waals surface area contributed by atoms with E-state index in [9.17, 15) is 9.59 Å². The van der Waals surface area contributed by atoms with E-state index < -0.39 is 0 Å². The summed E-state index contributed by atoms with van der Waals surface area (Å²) in [5.74, 6) is -0.158. The summed E-state index contributed by atoms with van der Waals surface area (Å²) >= 11 is 0. The first kappa shape index (κ1) is 52.8. The SMILES string of the molecule is C=C1C=C(NCCCCCCNC(=O)c2ccc(-c3ccc(C(=O)NCCCCCCNc4ccc5nc6cc(C)c(N)cc6[n+](-c6ccccc6)c5c4)cc3)cc2)C=CC1=Nc1cc(C)c(N)cc1Nc1ccccc1. The molecule has 77 heavy (non-hydrogen) atoms. The first-order valence-electron chi connectivity index (χ1n) is 26.8. The van der Waals surface area contributed by atoms with Crippen LogP contribution in [0.2, 0.25) is 0 Å². The van der Waals surface area contributed by atoms with Crippen LogP contribution in [0.25, 0.3) is 38.9 Å². The second-order valence-corrected chi connectivity index (χ2v) is 19.7. The number of aryl methyl sites for hydroxylation is 2. The number of nitrogens with one attached hydrogen (secondary N) is 5. The standard InChI is InChI=1S/C65H68N10O2/c1-44-39-59(60(42-55(44)66)72-51-18-10-8-11-19-51)73-57-32-30-52(38-46(57)3)68-34-14-4-6-16-36-70-64(76)49-26-22-47(23-27-49)48-24-28-50(29-25-48)65(77)71-37-17-7-5-15-35-69-53-31-33-58-62(41-53)75(54-20-12-9-13-21-54)63-43-56(67)45(2)40-61(63)74-58/h8-13,18-33,38-43,68,72H,3-7,14-17,34-37,66H2,1-2H3,(H4,67,69,70,71,76,77)/p+1. The molecule has 0 spiro atoms. The summed E-state index contributed by atoms with van der Waals surface area (Å²) in [6, 6.07) is 49.9. The summed E-state index contributed by atoms with van der Waals surface area (Å²) in [5, 5.41) is 16.7. The van der Waals surface area contributed by atoms with E-state index in [4.69, 9.17) is 21.4 Å². The lowest BCUT2D eigenvalue weighted by Gasteiger charge is -2.16. The number of para-hydroxylation sites is 2. The van der Waals surface area contributed by atoms with Crippen LogP contribution in [0.3, 0.4) is 0 Å². The van der Waals surface area contributed by atoms with Crippen LogP contribution in [0.4, 0.5) is 34.1 Å². The van der Waals surface area contributed by atoms with E-state index in [0.717, 1.165) is 160 Å². The Morgan fingerprint density at radius 1 is 0.558 bits per heavy atom. The van der Waals surface area contributed by atoms with Gasteiger partial charge >= 0.3 is 0 Å². The number of aromatic nitrogens is 2. The first-order valence-corrected chi connectivity index (χ1v) is 26.8. The number of allylic oxidation sites excluding steroid dienone is 4. The molecule has 0 unspecified atom stereocenters. The lowest BCUT2D eigenvalue weighted by molar-refractivity contribution is -0.538. The largest absolute Gasteiger partial charge is 0.398 e. The van der Waals surface area contributed by atoms with E-state index in [1.165, 1.54) is 0 Å². The number of rotatable bonds is 23. The minimum Gasteiger partial charge on any atom is -0.398 e. The molecule has 0 atom stereocenters. The minimum absolute atomic E-state index is 0.0780. The van der Waals surface area contributed by atoms with Crippen molar-refractivity contribution in [1.29, 1.82) is 0 Å². The highest BCUT2D eigenvalue weighted by atomic mass is 16.2. The quantitative estimate of drug-likeness (QED) is 0.0143. The first-order chi connectivity index (χ1) is 37.6. The number of hydrogen-bond acceptors (Lipinski definition) is 9. The number of benzene rings is 7. The van der Waals surface area contributed by atoms with Gasteiger partial charge < -0.3 is 38.1 Å². The van der Waals surface area contributed by atoms with Crippen molar-refractivity contribution in [3.05, 3.63) is 210 Å². The molecule has 0 radical (unpaired) electrons. The molecule has 0 bridgehead atoms. The van der Waals surface area contributed by atoms with E-state index in [2.05, 4.69) is 74.1 Å². The molecule has 1 aliphatic rings. The fourth-order valence-electron chi connectivity index (χ4n) is 9.41. The molecule has 12 nitrogen and oxygen atoms in total. The van der Waals surface area contributed by atoms with Gasteiger partial charge in [-0.1, -0.05) is 92.9 Å². The summed E-state index contributed by atoms with van der Waals surface area (Å²) < 4.78 is 2.23. The van der Waals surface area contributed by atoms with Crippen molar-refractivity contribution in [2.75, 3.05) is 48.3 Å². The zero-order valence-electron chi connectivity index (χ0n) is 44.2. The molecule has 1 aliphatic carbocycles. The van der Waals surface area contributed by atoms with Crippen molar-refractivity contribution in [3.8, 4) is 16.8 Å². The van der Waals surface area contributed by atoms with Crippen LogP contribution in [0.15, 0.2) is 193 Å². The van der Waals surface area contributed by atoms with Gasteiger partial charge in [0.15, 0.2) is 0 Å². The highest BCUT2D eigenvalue weighted by Gasteiger charge is 2.21. The molecule has 7 aromatic carbocycles. The number of carbonyl (C=O) groups is 2. The van der Waals surface area contributed by atoms with Crippen molar-refractivity contribution in [3.63, 3.8) is 0 Å². The summed E-state index contributed by atoms with van der Waals surface area (Å²) in [5.41, 5.74) is 30.4. The number of nitrogens with two attached hydrogens (primary N) is 2. The number of unbranched alkanes of at least 4 members (excludes halogenated alkanes) is 6. The number of anilines is 5. The average molecular weight is 1020 g/mol. The van der Waals surface area contributed by atoms with Gasteiger partial charge in [-0.25, -0.2) is 9.98 Å². The molecule has 2 amide bonds. The Bertz CT molecular complexity index is 3480. The van der Waals surface area contributed by atoms with E-state index in [0.29, 0.717) is 29.9 Å². The van der Waals surface area contributed by atoms with Crippen LogP contribution < -0.4 is 42.6 Å². The Morgan fingerprint density at radius 2 is 1.12 bits per heavy atom. The highest BCUT2D eigenvalue weighted by Crippen LogP contribution is 2.34. The Morgan fingerprint density at radius 3 is 1.74 bits per heavy atom. The molecule has 9 rings (SSSR count). The zero-order chi connectivity index (χ0) is 53.5. The number of aliphatic imine (C=N–C) groups is 1. The second kappa shape index (κ2) is 25.5. The molecule has 0 fully saturated rings. The zero-order valence-corrected chi connectivity index (χ0v) is 44.2. The molecule has 8 aromatic rings. The van der Waals surface area contributed by atoms with Crippen molar-refractivity contribution in [2.45, 2.75) is 65.2 Å². The number of fused-ring (bicyclic) bond motifs is 2. The maximum atomic E-state index is 13.0. The molecular formula is C65H69N10O2+. The van der Waals surface area contributed by atoms with Crippen molar-refractivity contribution in [1.82, 2.24) is 20.9 Å². The lowest BCUT2D eigenvalue weighted by atomic mass is 10.0. The molecule has 1 aromatic heterocycles. The Balaban J connectivity index is 0.633. The lowest BCUT2D eigenvalue weighted by Crippen LogP contribution is -2.33. The smallest absolute Gasteiger partial charge is 0.251 e. The molecule has 1 heterocycles. The Hall–Kier alpha value is -9.03. The van der Waals surface area contributed by atoms with E-state index in [1.54, 1.807) is 0 Å². The van der Waals surface area contributed by atoms with Crippen LogP contribution in [0.5, 0.6) is 0 Å². The van der Waals surface area contributed by atoms with E-state index in [-0.39, 0.29) is 11.8 Å². The fourth-order valence-corrected chi connectivity index (χ4v) is 9.41. The summed E-state index contributed by atoms with van der Waals surface area (Å²) in [6.45, 7) is 11.2. The van der Waals surface area contributed by atoms with Crippen LogP contribution >= 0.6 is 0 Å². The van der Waals surface area contributed by atoms with E-state index >= 15 is 0 Å². The van der Waals surface area contributed by atoms with Crippen LogP contribution in [0.1, 0.15) is 83.2 Å². The van der Waals surface area contributed by atoms with Gasteiger partial charge in [0.05, 0.1) is 17.1 Å². The van der Waals surface area contributed by atoms with E-state index in [1.807, 2.05) is 147 Å². The normalized spacial score (nSPS) is 12.7. The average Bonchev–Trinajstić information content (AvgIpc) is 3.48.